The lowest BCUT2D eigenvalue weighted by Gasteiger charge is -2.04. The van der Waals surface area contributed by atoms with Crippen LogP contribution in [0.25, 0.3) is 0 Å². The van der Waals surface area contributed by atoms with E-state index in [-0.39, 0.29) is 6.04 Å². The van der Waals surface area contributed by atoms with Crippen LogP contribution in [-0.2, 0) is 0 Å². The average Bonchev–Trinajstić information content (AvgIpc) is 2.36. The molecule has 0 saturated carbocycles. The molecule has 1 aromatic heterocycles. The highest BCUT2D eigenvalue weighted by Crippen LogP contribution is 2.20. The maximum Gasteiger partial charge on any atom is 0.0338 e. The molecule has 1 aromatic rings. The lowest BCUT2D eigenvalue weighted by molar-refractivity contribution is 0.745. The lowest BCUT2D eigenvalue weighted by atomic mass is 10.1. The van der Waals surface area contributed by atoms with Crippen molar-refractivity contribution in [1.29, 1.82) is 0 Å². The van der Waals surface area contributed by atoms with Gasteiger partial charge in [-0.25, -0.2) is 0 Å². The van der Waals surface area contributed by atoms with Crippen molar-refractivity contribution in [2.75, 3.05) is 0 Å². The third-order valence-electron chi connectivity index (χ3n) is 1.60. The molecule has 0 aromatic carbocycles. The van der Waals surface area contributed by atoms with E-state index in [2.05, 4.69) is 24.9 Å². The second-order valence-electron chi connectivity index (χ2n) is 2.62. The Labute approximate surface area is 71.5 Å². The second-order valence-corrected chi connectivity index (χ2v) is 3.74. The van der Waals surface area contributed by atoms with Gasteiger partial charge in [-0.15, -0.1) is 17.9 Å². The zero-order chi connectivity index (χ0) is 8.27. The number of aryl methyl sites for hydroxylation is 1. The molecule has 1 rings (SSSR count). The highest BCUT2D eigenvalue weighted by molar-refractivity contribution is 7.10. The molecule has 1 heterocycles. The van der Waals surface area contributed by atoms with E-state index in [4.69, 9.17) is 5.73 Å². The maximum absolute atomic E-state index is 5.85. The number of thiophene rings is 1. The van der Waals surface area contributed by atoms with Crippen molar-refractivity contribution in [3.63, 3.8) is 0 Å². The predicted octanol–water partition coefficient (Wildman–Crippen LogP) is 2.63. The first kappa shape index (κ1) is 8.50. The molecule has 0 aliphatic heterocycles. The van der Waals surface area contributed by atoms with Crippen LogP contribution in [0.1, 0.15) is 22.9 Å². The Balaban J connectivity index is 2.67. The van der Waals surface area contributed by atoms with Gasteiger partial charge in [0.2, 0.25) is 0 Å². The molecule has 0 radical (unpaired) electrons. The smallest absolute Gasteiger partial charge is 0.0338 e. The fourth-order valence-electron chi connectivity index (χ4n) is 0.974. The molecule has 0 spiro atoms. The molecule has 2 heteroatoms. The van der Waals surface area contributed by atoms with Crippen LogP contribution in [0.3, 0.4) is 0 Å². The van der Waals surface area contributed by atoms with Crippen molar-refractivity contribution < 1.29 is 0 Å². The molecule has 0 fully saturated rings. The highest BCUT2D eigenvalue weighted by atomic mass is 32.1. The third-order valence-corrected chi connectivity index (χ3v) is 2.48. The minimum Gasteiger partial charge on any atom is -0.324 e. The Morgan fingerprint density at radius 2 is 2.55 bits per heavy atom. The van der Waals surface area contributed by atoms with Crippen molar-refractivity contribution >= 4 is 11.3 Å². The van der Waals surface area contributed by atoms with Gasteiger partial charge in [-0.1, -0.05) is 6.08 Å². The van der Waals surface area contributed by atoms with Crippen LogP contribution in [0, 0.1) is 6.92 Å². The standard InChI is InChI=1S/C9H13NS/c1-3-4-9(10)8-5-7(2)11-6-8/h3,5-6,9H,1,4,10H2,2H3/t9-/m1/s1. The lowest BCUT2D eigenvalue weighted by Crippen LogP contribution is -2.07. The van der Waals surface area contributed by atoms with Crippen LogP contribution in [0.5, 0.6) is 0 Å². The molecule has 60 valence electrons. The first-order valence-electron chi connectivity index (χ1n) is 3.65. The van der Waals surface area contributed by atoms with Crippen molar-refractivity contribution in [2.45, 2.75) is 19.4 Å². The zero-order valence-corrected chi connectivity index (χ0v) is 7.53. The molecular formula is C9H13NS. The van der Waals surface area contributed by atoms with Crippen LogP contribution in [-0.4, -0.2) is 0 Å². The highest BCUT2D eigenvalue weighted by Gasteiger charge is 2.04. The number of hydrogen-bond donors (Lipinski definition) is 1. The van der Waals surface area contributed by atoms with E-state index in [1.165, 1.54) is 10.4 Å². The predicted molar refractivity (Wildman–Crippen MR) is 50.8 cm³/mol. The Morgan fingerprint density at radius 3 is 3.00 bits per heavy atom. The first-order valence-corrected chi connectivity index (χ1v) is 4.53. The molecule has 0 unspecified atom stereocenters. The number of hydrogen-bond acceptors (Lipinski definition) is 2. The van der Waals surface area contributed by atoms with E-state index in [0.29, 0.717) is 0 Å². The Bertz CT molecular complexity index is 239. The first-order chi connectivity index (χ1) is 5.24. The monoisotopic (exact) mass is 167 g/mol. The molecule has 1 atom stereocenters. The van der Waals surface area contributed by atoms with Gasteiger partial charge in [0, 0.05) is 10.9 Å². The van der Waals surface area contributed by atoms with E-state index < -0.39 is 0 Å². The number of nitrogens with two attached hydrogens (primary N) is 1. The van der Waals surface area contributed by atoms with Crippen LogP contribution >= 0.6 is 11.3 Å². The van der Waals surface area contributed by atoms with Gasteiger partial charge < -0.3 is 5.73 Å². The number of rotatable bonds is 3. The minimum atomic E-state index is 0.137. The molecule has 0 aliphatic carbocycles. The van der Waals surface area contributed by atoms with E-state index in [9.17, 15) is 0 Å². The summed E-state index contributed by atoms with van der Waals surface area (Å²) < 4.78 is 0. The van der Waals surface area contributed by atoms with E-state index >= 15 is 0 Å². The van der Waals surface area contributed by atoms with Gasteiger partial charge in [0.1, 0.15) is 0 Å². The molecule has 2 N–H and O–H groups in total. The third kappa shape index (κ3) is 2.17. The second kappa shape index (κ2) is 3.69. The van der Waals surface area contributed by atoms with Crippen molar-refractivity contribution in [3.05, 3.63) is 34.5 Å². The topological polar surface area (TPSA) is 26.0 Å². The SMILES string of the molecule is C=CC[C@@H](N)c1csc(C)c1. The summed E-state index contributed by atoms with van der Waals surface area (Å²) in [4.78, 5) is 1.32. The van der Waals surface area contributed by atoms with Gasteiger partial charge in [0.05, 0.1) is 0 Å². The minimum absolute atomic E-state index is 0.137. The summed E-state index contributed by atoms with van der Waals surface area (Å²) in [5.41, 5.74) is 7.08. The Morgan fingerprint density at radius 1 is 1.82 bits per heavy atom. The van der Waals surface area contributed by atoms with Crippen LogP contribution in [0.15, 0.2) is 24.1 Å². The largest absolute Gasteiger partial charge is 0.324 e. The summed E-state index contributed by atoms with van der Waals surface area (Å²) in [7, 11) is 0. The molecule has 0 bridgehead atoms. The van der Waals surface area contributed by atoms with Crippen molar-refractivity contribution in [1.82, 2.24) is 0 Å². The fourth-order valence-corrected chi connectivity index (χ4v) is 1.74. The van der Waals surface area contributed by atoms with Crippen molar-refractivity contribution in [3.8, 4) is 0 Å². The molecular weight excluding hydrogens is 154 g/mol. The zero-order valence-electron chi connectivity index (χ0n) is 6.71. The van der Waals surface area contributed by atoms with Crippen molar-refractivity contribution in [2.24, 2.45) is 5.73 Å². The summed E-state index contributed by atoms with van der Waals surface area (Å²) in [5, 5.41) is 2.11. The van der Waals surface area contributed by atoms with E-state index in [1.807, 2.05) is 6.08 Å². The van der Waals surface area contributed by atoms with Gasteiger partial charge in [-0.05, 0) is 30.4 Å². The van der Waals surface area contributed by atoms with Gasteiger partial charge in [0.25, 0.3) is 0 Å². The van der Waals surface area contributed by atoms with E-state index in [1.54, 1.807) is 11.3 Å². The quantitative estimate of drug-likeness (QED) is 0.688. The van der Waals surface area contributed by atoms with Gasteiger partial charge in [-0.3, -0.25) is 0 Å². The summed E-state index contributed by atoms with van der Waals surface area (Å²) in [6, 6.07) is 2.27. The summed E-state index contributed by atoms with van der Waals surface area (Å²) in [5.74, 6) is 0. The summed E-state index contributed by atoms with van der Waals surface area (Å²) in [6.45, 7) is 5.75. The van der Waals surface area contributed by atoms with Gasteiger partial charge in [0.15, 0.2) is 0 Å². The Kier molecular flexibility index (Phi) is 2.85. The van der Waals surface area contributed by atoms with E-state index in [0.717, 1.165) is 6.42 Å². The fraction of sp³-hybridized carbons (Fsp3) is 0.333. The summed E-state index contributed by atoms with van der Waals surface area (Å²) in [6.07, 6.45) is 2.72. The normalized spacial score (nSPS) is 12.9. The van der Waals surface area contributed by atoms with Crippen LogP contribution < -0.4 is 5.73 Å². The molecule has 0 saturated heterocycles. The Hall–Kier alpha value is -0.600. The maximum atomic E-state index is 5.85. The molecule has 0 aliphatic rings. The average molecular weight is 167 g/mol. The summed E-state index contributed by atoms with van der Waals surface area (Å²) >= 11 is 1.74. The van der Waals surface area contributed by atoms with Crippen LogP contribution in [0.4, 0.5) is 0 Å². The van der Waals surface area contributed by atoms with Crippen LogP contribution in [0.2, 0.25) is 0 Å². The molecule has 1 nitrogen and oxygen atoms in total. The molecule has 0 amide bonds. The van der Waals surface area contributed by atoms with Gasteiger partial charge >= 0.3 is 0 Å². The molecule has 11 heavy (non-hydrogen) atoms. The van der Waals surface area contributed by atoms with Gasteiger partial charge in [-0.2, -0.15) is 0 Å².